The molecule has 0 aliphatic carbocycles. The van der Waals surface area contributed by atoms with Crippen molar-refractivity contribution in [2.45, 2.75) is 20.8 Å². The number of esters is 1. The van der Waals surface area contributed by atoms with E-state index in [1.54, 1.807) is 23.1 Å². The van der Waals surface area contributed by atoms with E-state index in [1.807, 2.05) is 13.8 Å². The highest BCUT2D eigenvalue weighted by molar-refractivity contribution is 5.94. The van der Waals surface area contributed by atoms with E-state index in [4.69, 9.17) is 4.74 Å². The van der Waals surface area contributed by atoms with Crippen LogP contribution in [0.4, 0.5) is 5.69 Å². The van der Waals surface area contributed by atoms with Crippen LogP contribution in [0, 0.1) is 0 Å². The second kappa shape index (κ2) is 8.73. The molecule has 6 nitrogen and oxygen atoms in total. The lowest BCUT2D eigenvalue weighted by Crippen LogP contribution is -2.35. The first-order valence-corrected chi connectivity index (χ1v) is 7.30. The number of nitrogens with one attached hydrogen (secondary N) is 1. The molecule has 0 saturated carbocycles. The van der Waals surface area contributed by atoms with Gasteiger partial charge in [-0.2, -0.15) is 0 Å². The summed E-state index contributed by atoms with van der Waals surface area (Å²) in [6, 6.07) is 6.35. The van der Waals surface area contributed by atoms with E-state index in [0.717, 1.165) is 5.57 Å². The zero-order valence-electron chi connectivity index (χ0n) is 13.7. The van der Waals surface area contributed by atoms with Gasteiger partial charge in [-0.15, -0.1) is 0 Å². The van der Waals surface area contributed by atoms with E-state index in [-0.39, 0.29) is 24.0 Å². The van der Waals surface area contributed by atoms with Gasteiger partial charge >= 0.3 is 5.97 Å². The predicted octanol–water partition coefficient (Wildman–Crippen LogP) is 2.23. The van der Waals surface area contributed by atoms with Gasteiger partial charge in [0.1, 0.15) is 0 Å². The summed E-state index contributed by atoms with van der Waals surface area (Å²) in [5.74, 6) is -1.12. The van der Waals surface area contributed by atoms with Crippen LogP contribution in [0.2, 0.25) is 0 Å². The lowest BCUT2D eigenvalue weighted by Gasteiger charge is -2.20. The van der Waals surface area contributed by atoms with Crippen LogP contribution < -0.4 is 5.32 Å². The van der Waals surface area contributed by atoms with E-state index in [0.29, 0.717) is 18.8 Å². The molecule has 1 aromatic rings. The Labute approximate surface area is 136 Å². The highest BCUT2D eigenvalue weighted by atomic mass is 16.5. The zero-order valence-corrected chi connectivity index (χ0v) is 13.7. The van der Waals surface area contributed by atoms with Crippen LogP contribution in [0.3, 0.4) is 0 Å². The largest absolute Gasteiger partial charge is 0.452 e. The molecule has 0 unspecified atom stereocenters. The second-order valence-corrected chi connectivity index (χ2v) is 5.20. The normalized spacial score (nSPS) is 9.87. The highest BCUT2D eigenvalue weighted by Crippen LogP contribution is 2.12. The van der Waals surface area contributed by atoms with Gasteiger partial charge in [0.05, 0.1) is 5.56 Å². The topological polar surface area (TPSA) is 75.7 Å². The maximum atomic E-state index is 12.0. The molecule has 1 rings (SSSR count). The molecule has 6 heteroatoms. The number of carbonyl (C=O) groups is 3. The molecular formula is C17H22N2O4. The fourth-order valence-corrected chi connectivity index (χ4v) is 1.93. The number of hydrogen-bond donors (Lipinski definition) is 1. The Morgan fingerprint density at radius 1 is 1.26 bits per heavy atom. The van der Waals surface area contributed by atoms with Crippen LogP contribution in [-0.2, 0) is 14.3 Å². The van der Waals surface area contributed by atoms with Crippen LogP contribution in [-0.4, -0.2) is 42.4 Å². The molecule has 0 spiro atoms. The van der Waals surface area contributed by atoms with E-state index < -0.39 is 5.97 Å². The predicted molar refractivity (Wildman–Crippen MR) is 88.1 cm³/mol. The minimum Gasteiger partial charge on any atom is -0.452 e. The van der Waals surface area contributed by atoms with Crippen molar-refractivity contribution in [2.24, 2.45) is 0 Å². The van der Waals surface area contributed by atoms with Crippen molar-refractivity contribution in [3.8, 4) is 0 Å². The number of amides is 2. The Morgan fingerprint density at radius 3 is 2.52 bits per heavy atom. The van der Waals surface area contributed by atoms with Gasteiger partial charge < -0.3 is 15.0 Å². The van der Waals surface area contributed by atoms with Gasteiger partial charge in [-0.25, -0.2) is 4.79 Å². The minimum absolute atomic E-state index is 0.232. The number of hydrogen-bond acceptors (Lipinski definition) is 4. The first kappa shape index (κ1) is 18.4. The molecule has 1 N–H and O–H groups in total. The minimum atomic E-state index is -0.614. The standard InChI is InChI=1S/C17H22N2O4/c1-5-19(10-12(2)3)16(21)11-23-17(22)14-7-6-8-15(9-14)18-13(4)20/h6-9H,2,5,10-11H2,1,3-4H3,(H,18,20). The van der Waals surface area contributed by atoms with E-state index in [9.17, 15) is 14.4 Å². The Balaban J connectivity index is 2.64. The molecule has 1 aromatic carbocycles. The lowest BCUT2D eigenvalue weighted by atomic mass is 10.2. The molecule has 0 aliphatic rings. The third-order valence-corrected chi connectivity index (χ3v) is 2.94. The third-order valence-electron chi connectivity index (χ3n) is 2.94. The summed E-state index contributed by atoms with van der Waals surface area (Å²) in [7, 11) is 0. The number of carbonyl (C=O) groups excluding carboxylic acids is 3. The van der Waals surface area contributed by atoms with Crippen molar-refractivity contribution in [2.75, 3.05) is 25.0 Å². The second-order valence-electron chi connectivity index (χ2n) is 5.20. The quantitative estimate of drug-likeness (QED) is 0.618. The SMILES string of the molecule is C=C(C)CN(CC)C(=O)COC(=O)c1cccc(NC(C)=O)c1. The Kier molecular flexibility index (Phi) is 6.99. The van der Waals surface area contributed by atoms with Gasteiger partial charge in [-0.05, 0) is 32.0 Å². The van der Waals surface area contributed by atoms with E-state index in [2.05, 4.69) is 11.9 Å². The van der Waals surface area contributed by atoms with Crippen molar-refractivity contribution in [3.05, 3.63) is 42.0 Å². The van der Waals surface area contributed by atoms with Gasteiger partial charge in [0.25, 0.3) is 5.91 Å². The molecule has 0 saturated heterocycles. The summed E-state index contributed by atoms with van der Waals surface area (Å²) < 4.78 is 5.04. The summed E-state index contributed by atoms with van der Waals surface area (Å²) in [6.07, 6.45) is 0. The van der Waals surface area contributed by atoms with Gasteiger partial charge in [0, 0.05) is 25.7 Å². The molecule has 0 aromatic heterocycles. The fourth-order valence-electron chi connectivity index (χ4n) is 1.93. The molecule has 0 aliphatic heterocycles. The van der Waals surface area contributed by atoms with Crippen molar-refractivity contribution < 1.29 is 19.1 Å². The molecule has 0 bridgehead atoms. The smallest absolute Gasteiger partial charge is 0.338 e. The molecule has 0 fully saturated rings. The van der Waals surface area contributed by atoms with Gasteiger partial charge in [0.2, 0.25) is 5.91 Å². The average molecular weight is 318 g/mol. The maximum absolute atomic E-state index is 12.0. The average Bonchev–Trinajstić information content (AvgIpc) is 2.49. The molecule has 2 amide bonds. The van der Waals surface area contributed by atoms with Gasteiger partial charge in [0.15, 0.2) is 6.61 Å². The van der Waals surface area contributed by atoms with E-state index >= 15 is 0 Å². The molecular weight excluding hydrogens is 296 g/mol. The lowest BCUT2D eigenvalue weighted by molar-refractivity contribution is -0.133. The van der Waals surface area contributed by atoms with E-state index in [1.165, 1.54) is 13.0 Å². The summed E-state index contributed by atoms with van der Waals surface area (Å²) in [6.45, 7) is 9.44. The van der Waals surface area contributed by atoms with Gasteiger partial charge in [-0.1, -0.05) is 18.2 Å². The molecule has 23 heavy (non-hydrogen) atoms. The third kappa shape index (κ3) is 6.34. The summed E-state index contributed by atoms with van der Waals surface area (Å²) in [4.78, 5) is 36.6. The van der Waals surface area contributed by atoms with Crippen molar-refractivity contribution >= 4 is 23.5 Å². The van der Waals surface area contributed by atoms with Crippen LogP contribution in [0.1, 0.15) is 31.1 Å². The first-order chi connectivity index (χ1) is 10.8. The summed E-state index contributed by atoms with van der Waals surface area (Å²) in [5.41, 5.74) is 1.62. The molecule has 0 heterocycles. The van der Waals surface area contributed by atoms with Crippen molar-refractivity contribution in [1.29, 1.82) is 0 Å². The Hall–Kier alpha value is -2.63. The fraction of sp³-hybridized carbons (Fsp3) is 0.353. The molecule has 124 valence electrons. The number of likely N-dealkylation sites (N-methyl/N-ethyl adjacent to an activating group) is 1. The monoisotopic (exact) mass is 318 g/mol. The first-order valence-electron chi connectivity index (χ1n) is 7.30. The number of benzene rings is 1. The zero-order chi connectivity index (χ0) is 17.4. The molecule has 0 radical (unpaired) electrons. The Morgan fingerprint density at radius 2 is 1.96 bits per heavy atom. The highest BCUT2D eigenvalue weighted by Gasteiger charge is 2.15. The molecule has 0 atom stereocenters. The number of anilines is 1. The number of ether oxygens (including phenoxy) is 1. The van der Waals surface area contributed by atoms with Crippen LogP contribution in [0.5, 0.6) is 0 Å². The summed E-state index contributed by atoms with van der Waals surface area (Å²) in [5, 5.41) is 2.58. The summed E-state index contributed by atoms with van der Waals surface area (Å²) >= 11 is 0. The number of nitrogens with zero attached hydrogens (tertiary/aromatic N) is 1. The Bertz CT molecular complexity index is 610. The van der Waals surface area contributed by atoms with Crippen LogP contribution in [0.25, 0.3) is 0 Å². The number of rotatable bonds is 7. The van der Waals surface area contributed by atoms with Crippen LogP contribution >= 0.6 is 0 Å². The van der Waals surface area contributed by atoms with Crippen LogP contribution in [0.15, 0.2) is 36.4 Å². The maximum Gasteiger partial charge on any atom is 0.338 e. The van der Waals surface area contributed by atoms with Gasteiger partial charge in [-0.3, -0.25) is 9.59 Å². The van der Waals surface area contributed by atoms with Crippen molar-refractivity contribution in [1.82, 2.24) is 4.90 Å². The van der Waals surface area contributed by atoms with Crippen molar-refractivity contribution in [3.63, 3.8) is 0 Å².